The highest BCUT2D eigenvalue weighted by atomic mass is 19.4. The van der Waals surface area contributed by atoms with Crippen LogP contribution in [0, 0.1) is 0 Å². The monoisotopic (exact) mass is 263 g/mol. The van der Waals surface area contributed by atoms with Crippen LogP contribution in [-0.4, -0.2) is 12.4 Å². The molecule has 1 atom stereocenters. The predicted octanol–water partition coefficient (Wildman–Crippen LogP) is 4.41. The van der Waals surface area contributed by atoms with E-state index in [-0.39, 0.29) is 5.56 Å². The van der Waals surface area contributed by atoms with Gasteiger partial charge in [0.15, 0.2) is 6.04 Å². The van der Waals surface area contributed by atoms with Crippen molar-refractivity contribution in [3.8, 4) is 0 Å². The molecule has 2 aromatic rings. The Morgan fingerprint density at radius 2 is 1.37 bits per heavy atom. The van der Waals surface area contributed by atoms with Crippen molar-refractivity contribution in [2.75, 3.05) is 0 Å². The van der Waals surface area contributed by atoms with Gasteiger partial charge in [-0.05, 0) is 11.1 Å². The molecule has 0 spiro atoms. The average Bonchev–Trinajstić information content (AvgIpc) is 2.40. The maximum absolute atomic E-state index is 13.0. The van der Waals surface area contributed by atoms with Gasteiger partial charge in [-0.25, -0.2) is 0 Å². The van der Waals surface area contributed by atoms with Crippen molar-refractivity contribution in [1.82, 2.24) is 0 Å². The highest BCUT2D eigenvalue weighted by molar-refractivity contribution is 5.79. The van der Waals surface area contributed by atoms with E-state index in [1.54, 1.807) is 48.5 Å². The van der Waals surface area contributed by atoms with Crippen LogP contribution in [0.2, 0.25) is 0 Å². The Labute approximate surface area is 109 Å². The van der Waals surface area contributed by atoms with E-state index in [2.05, 4.69) is 4.99 Å². The summed E-state index contributed by atoms with van der Waals surface area (Å²) in [6.45, 7) is 0. The molecule has 0 fully saturated rings. The molecule has 0 radical (unpaired) electrons. The minimum absolute atomic E-state index is 0.141. The zero-order valence-corrected chi connectivity index (χ0v) is 10.0. The molecule has 0 aromatic heterocycles. The standard InChI is InChI=1S/C15H12F3N/c16-15(17,18)14(13-9-5-2-6-10-13)19-11-12-7-3-1-4-8-12/h1-11,14H. The zero-order valence-electron chi connectivity index (χ0n) is 10.0. The van der Waals surface area contributed by atoms with Crippen molar-refractivity contribution in [1.29, 1.82) is 0 Å². The molecule has 0 amide bonds. The van der Waals surface area contributed by atoms with Crippen LogP contribution in [0.25, 0.3) is 0 Å². The first-order valence-electron chi connectivity index (χ1n) is 5.77. The van der Waals surface area contributed by atoms with Gasteiger partial charge in [-0.15, -0.1) is 0 Å². The van der Waals surface area contributed by atoms with Gasteiger partial charge in [-0.1, -0.05) is 60.7 Å². The Bertz CT molecular complexity index is 532. The summed E-state index contributed by atoms with van der Waals surface area (Å²) in [5.41, 5.74) is 0.787. The lowest BCUT2D eigenvalue weighted by Crippen LogP contribution is -2.19. The van der Waals surface area contributed by atoms with Crippen LogP contribution in [-0.2, 0) is 0 Å². The van der Waals surface area contributed by atoms with E-state index >= 15 is 0 Å². The van der Waals surface area contributed by atoms with Crippen LogP contribution in [0.15, 0.2) is 65.7 Å². The highest BCUT2D eigenvalue weighted by Gasteiger charge is 2.40. The molecule has 0 aliphatic carbocycles. The summed E-state index contributed by atoms with van der Waals surface area (Å²) in [6.07, 6.45) is -3.14. The summed E-state index contributed by atoms with van der Waals surface area (Å²) in [7, 11) is 0. The van der Waals surface area contributed by atoms with Crippen molar-refractivity contribution in [3.05, 3.63) is 71.8 Å². The first-order valence-corrected chi connectivity index (χ1v) is 5.77. The van der Waals surface area contributed by atoms with Gasteiger partial charge in [0.2, 0.25) is 0 Å². The zero-order chi connectivity index (χ0) is 13.7. The van der Waals surface area contributed by atoms with Crippen LogP contribution >= 0.6 is 0 Å². The minimum Gasteiger partial charge on any atom is -0.275 e. The summed E-state index contributed by atoms with van der Waals surface area (Å²) >= 11 is 0. The molecule has 2 rings (SSSR count). The Hall–Kier alpha value is -2.10. The number of nitrogens with zero attached hydrogens (tertiary/aromatic N) is 1. The number of benzene rings is 2. The Kier molecular flexibility index (Phi) is 4.00. The molecule has 0 N–H and O–H groups in total. The lowest BCUT2D eigenvalue weighted by molar-refractivity contribution is -0.148. The van der Waals surface area contributed by atoms with Crippen molar-refractivity contribution in [3.63, 3.8) is 0 Å². The molecule has 0 heterocycles. The van der Waals surface area contributed by atoms with Crippen molar-refractivity contribution < 1.29 is 13.2 Å². The van der Waals surface area contributed by atoms with E-state index < -0.39 is 12.2 Å². The third kappa shape index (κ3) is 3.68. The van der Waals surface area contributed by atoms with Gasteiger partial charge in [0.1, 0.15) is 0 Å². The minimum atomic E-state index is -4.40. The summed E-state index contributed by atoms with van der Waals surface area (Å²) in [5.74, 6) is 0. The number of hydrogen-bond acceptors (Lipinski definition) is 1. The fourth-order valence-electron chi connectivity index (χ4n) is 1.69. The molecule has 4 heteroatoms. The van der Waals surface area contributed by atoms with E-state index in [0.29, 0.717) is 5.56 Å². The van der Waals surface area contributed by atoms with Crippen LogP contribution < -0.4 is 0 Å². The smallest absolute Gasteiger partial charge is 0.275 e. The summed E-state index contributed by atoms with van der Waals surface area (Å²) < 4.78 is 39.0. The number of alkyl halides is 3. The number of hydrogen-bond donors (Lipinski definition) is 0. The normalized spacial score (nSPS) is 13.6. The lowest BCUT2D eigenvalue weighted by Gasteiger charge is -2.16. The molecule has 0 saturated carbocycles. The molecular weight excluding hydrogens is 251 g/mol. The van der Waals surface area contributed by atoms with E-state index in [1.807, 2.05) is 0 Å². The Balaban J connectivity index is 2.28. The van der Waals surface area contributed by atoms with E-state index in [0.717, 1.165) is 0 Å². The van der Waals surface area contributed by atoms with Gasteiger partial charge in [0.05, 0.1) is 0 Å². The molecule has 98 valence electrons. The van der Waals surface area contributed by atoms with Crippen LogP contribution in [0.3, 0.4) is 0 Å². The van der Waals surface area contributed by atoms with Crippen molar-refractivity contribution >= 4 is 6.21 Å². The van der Waals surface area contributed by atoms with Crippen LogP contribution in [0.1, 0.15) is 17.2 Å². The lowest BCUT2D eigenvalue weighted by atomic mass is 10.1. The third-order valence-electron chi connectivity index (χ3n) is 2.60. The fraction of sp³-hybridized carbons (Fsp3) is 0.133. The first-order chi connectivity index (χ1) is 9.07. The van der Waals surface area contributed by atoms with Gasteiger partial charge in [-0.3, -0.25) is 4.99 Å². The molecule has 0 aliphatic heterocycles. The Morgan fingerprint density at radius 3 is 1.89 bits per heavy atom. The van der Waals surface area contributed by atoms with Crippen molar-refractivity contribution in [2.24, 2.45) is 4.99 Å². The SMILES string of the molecule is FC(F)(F)C(N=Cc1ccccc1)c1ccccc1. The van der Waals surface area contributed by atoms with Crippen molar-refractivity contribution in [2.45, 2.75) is 12.2 Å². The quantitative estimate of drug-likeness (QED) is 0.727. The Morgan fingerprint density at radius 1 is 0.842 bits per heavy atom. The molecular formula is C15H12F3N. The van der Waals surface area contributed by atoms with Crippen LogP contribution in [0.4, 0.5) is 13.2 Å². The predicted molar refractivity (Wildman–Crippen MR) is 69.3 cm³/mol. The van der Waals surface area contributed by atoms with Gasteiger partial charge in [0.25, 0.3) is 0 Å². The maximum Gasteiger partial charge on any atom is 0.414 e. The summed E-state index contributed by atoms with van der Waals surface area (Å²) in [5, 5.41) is 0. The molecule has 0 saturated heterocycles. The van der Waals surface area contributed by atoms with Gasteiger partial charge in [0, 0.05) is 6.21 Å². The molecule has 0 bridgehead atoms. The molecule has 2 aromatic carbocycles. The summed E-state index contributed by atoms with van der Waals surface area (Å²) in [6, 6.07) is 14.6. The highest BCUT2D eigenvalue weighted by Crippen LogP contribution is 2.35. The topological polar surface area (TPSA) is 12.4 Å². The summed E-state index contributed by atoms with van der Waals surface area (Å²) in [4.78, 5) is 3.69. The van der Waals surface area contributed by atoms with E-state index in [9.17, 15) is 13.2 Å². The second-order valence-corrected chi connectivity index (χ2v) is 4.04. The third-order valence-corrected chi connectivity index (χ3v) is 2.60. The second-order valence-electron chi connectivity index (χ2n) is 4.04. The van der Waals surface area contributed by atoms with Gasteiger partial charge in [-0.2, -0.15) is 13.2 Å². The van der Waals surface area contributed by atoms with Crippen LogP contribution in [0.5, 0.6) is 0 Å². The average molecular weight is 263 g/mol. The molecule has 0 aliphatic rings. The molecule has 19 heavy (non-hydrogen) atoms. The maximum atomic E-state index is 13.0. The van der Waals surface area contributed by atoms with Gasteiger partial charge >= 0.3 is 6.18 Å². The molecule has 1 nitrogen and oxygen atoms in total. The number of rotatable bonds is 3. The largest absolute Gasteiger partial charge is 0.414 e. The second kappa shape index (κ2) is 5.69. The van der Waals surface area contributed by atoms with E-state index in [1.165, 1.54) is 18.3 Å². The van der Waals surface area contributed by atoms with E-state index in [4.69, 9.17) is 0 Å². The number of aliphatic imine (C=N–C) groups is 1. The van der Waals surface area contributed by atoms with Gasteiger partial charge < -0.3 is 0 Å². The fourth-order valence-corrected chi connectivity index (χ4v) is 1.69. The molecule has 1 unspecified atom stereocenters. The first kappa shape index (κ1) is 13.3. The number of halogens is 3.